The number of amides is 3. The zero-order valence-corrected chi connectivity index (χ0v) is 11.3. The summed E-state index contributed by atoms with van der Waals surface area (Å²) in [6, 6.07) is -1.48. The monoisotopic (exact) mass is 271 g/mol. The summed E-state index contributed by atoms with van der Waals surface area (Å²) in [4.78, 5) is 35.2. The van der Waals surface area contributed by atoms with Crippen LogP contribution in [-0.4, -0.2) is 47.0 Å². The molecule has 19 heavy (non-hydrogen) atoms. The lowest BCUT2D eigenvalue weighted by atomic mass is 9.93. The Morgan fingerprint density at radius 3 is 2.47 bits per heavy atom. The number of primary amides is 1. The molecule has 0 bridgehead atoms. The van der Waals surface area contributed by atoms with E-state index in [0.717, 1.165) is 6.42 Å². The minimum atomic E-state index is -1.16. The van der Waals surface area contributed by atoms with Crippen LogP contribution in [0.15, 0.2) is 0 Å². The predicted octanol–water partition coefficient (Wildman–Crippen LogP) is 0.147. The lowest BCUT2D eigenvalue weighted by Crippen LogP contribution is -2.47. The molecule has 108 valence electrons. The van der Waals surface area contributed by atoms with Gasteiger partial charge in [0.1, 0.15) is 6.04 Å². The SMILES string of the molecule is CC1(C)CCN(C(=O)N[C@@H](CCC(N)=O)C(=O)O)C1. The second-order valence-electron chi connectivity index (χ2n) is 5.68. The average molecular weight is 271 g/mol. The Bertz CT molecular complexity index is 381. The van der Waals surface area contributed by atoms with Gasteiger partial charge in [-0.05, 0) is 18.3 Å². The molecule has 0 aromatic rings. The van der Waals surface area contributed by atoms with Gasteiger partial charge in [0.05, 0.1) is 0 Å². The third-order valence-electron chi connectivity index (χ3n) is 3.24. The van der Waals surface area contributed by atoms with Crippen molar-refractivity contribution in [3.05, 3.63) is 0 Å². The number of rotatable bonds is 5. The number of carboxylic acid groups (broad SMARTS) is 1. The molecule has 1 aliphatic heterocycles. The van der Waals surface area contributed by atoms with E-state index in [9.17, 15) is 14.4 Å². The fourth-order valence-corrected chi connectivity index (χ4v) is 2.07. The topological polar surface area (TPSA) is 113 Å². The molecule has 4 N–H and O–H groups in total. The Kier molecular flexibility index (Phi) is 4.74. The maximum atomic E-state index is 11.9. The van der Waals surface area contributed by atoms with Crippen LogP contribution in [0, 0.1) is 5.41 Å². The Morgan fingerprint density at radius 2 is 2.05 bits per heavy atom. The van der Waals surface area contributed by atoms with Crippen LogP contribution in [0.1, 0.15) is 33.1 Å². The van der Waals surface area contributed by atoms with E-state index in [1.54, 1.807) is 4.90 Å². The molecule has 1 heterocycles. The molecule has 1 fully saturated rings. The van der Waals surface area contributed by atoms with Crippen molar-refractivity contribution in [1.82, 2.24) is 10.2 Å². The van der Waals surface area contributed by atoms with Crippen LogP contribution in [-0.2, 0) is 9.59 Å². The second kappa shape index (κ2) is 5.90. The number of hydrogen-bond acceptors (Lipinski definition) is 3. The van der Waals surface area contributed by atoms with Crippen molar-refractivity contribution < 1.29 is 19.5 Å². The molecule has 7 nitrogen and oxygen atoms in total. The summed E-state index contributed by atoms with van der Waals surface area (Å²) >= 11 is 0. The van der Waals surface area contributed by atoms with Crippen LogP contribution in [0.4, 0.5) is 4.79 Å². The first-order valence-corrected chi connectivity index (χ1v) is 6.28. The molecule has 1 atom stereocenters. The molecule has 0 aromatic heterocycles. The molecular weight excluding hydrogens is 250 g/mol. The van der Waals surface area contributed by atoms with Gasteiger partial charge in [-0.15, -0.1) is 0 Å². The van der Waals surface area contributed by atoms with E-state index in [2.05, 4.69) is 19.2 Å². The van der Waals surface area contributed by atoms with Crippen LogP contribution in [0.3, 0.4) is 0 Å². The third kappa shape index (κ3) is 4.76. The van der Waals surface area contributed by atoms with Gasteiger partial charge < -0.3 is 21.1 Å². The van der Waals surface area contributed by atoms with Crippen LogP contribution < -0.4 is 11.1 Å². The highest BCUT2D eigenvalue weighted by Gasteiger charge is 2.33. The van der Waals surface area contributed by atoms with Crippen molar-refractivity contribution in [3.8, 4) is 0 Å². The Labute approximate surface area is 112 Å². The van der Waals surface area contributed by atoms with E-state index in [1.807, 2.05) is 0 Å². The maximum Gasteiger partial charge on any atom is 0.326 e. The largest absolute Gasteiger partial charge is 0.480 e. The highest BCUT2D eigenvalue weighted by Crippen LogP contribution is 2.28. The molecule has 0 aliphatic carbocycles. The number of likely N-dealkylation sites (tertiary alicyclic amines) is 1. The number of carbonyl (C=O) groups excluding carboxylic acids is 2. The summed E-state index contributed by atoms with van der Waals surface area (Å²) in [6.07, 6.45) is 0.829. The highest BCUT2D eigenvalue weighted by atomic mass is 16.4. The molecule has 3 amide bonds. The number of carboxylic acids is 1. The number of nitrogens with one attached hydrogen (secondary N) is 1. The molecule has 0 unspecified atom stereocenters. The standard InChI is InChI=1S/C12H21N3O4/c1-12(2)5-6-15(7-12)11(19)14-8(10(17)18)3-4-9(13)16/h8H,3-7H2,1-2H3,(H2,13,16)(H,14,19)(H,17,18)/t8-/m0/s1. The van der Waals surface area contributed by atoms with Crippen molar-refractivity contribution in [3.63, 3.8) is 0 Å². The van der Waals surface area contributed by atoms with Gasteiger partial charge in [-0.25, -0.2) is 9.59 Å². The number of nitrogens with zero attached hydrogens (tertiary/aromatic N) is 1. The zero-order valence-electron chi connectivity index (χ0n) is 11.3. The van der Waals surface area contributed by atoms with Gasteiger partial charge in [-0.1, -0.05) is 13.8 Å². The van der Waals surface area contributed by atoms with Crippen molar-refractivity contribution in [2.45, 2.75) is 39.2 Å². The lowest BCUT2D eigenvalue weighted by molar-refractivity contribution is -0.139. The van der Waals surface area contributed by atoms with Crippen molar-refractivity contribution >= 4 is 17.9 Å². The van der Waals surface area contributed by atoms with Crippen LogP contribution in [0.2, 0.25) is 0 Å². The van der Waals surface area contributed by atoms with Crippen LogP contribution >= 0.6 is 0 Å². The van der Waals surface area contributed by atoms with E-state index in [1.165, 1.54) is 0 Å². The van der Waals surface area contributed by atoms with Gasteiger partial charge >= 0.3 is 12.0 Å². The van der Waals surface area contributed by atoms with Gasteiger partial charge in [0.2, 0.25) is 5.91 Å². The summed E-state index contributed by atoms with van der Waals surface area (Å²) in [5.74, 6) is -1.74. The van der Waals surface area contributed by atoms with Gasteiger partial charge in [-0.2, -0.15) is 0 Å². The fourth-order valence-electron chi connectivity index (χ4n) is 2.07. The molecule has 1 aliphatic rings. The lowest BCUT2D eigenvalue weighted by Gasteiger charge is -2.22. The highest BCUT2D eigenvalue weighted by molar-refractivity contribution is 5.83. The predicted molar refractivity (Wildman–Crippen MR) is 68.4 cm³/mol. The fraction of sp³-hybridized carbons (Fsp3) is 0.750. The first-order chi connectivity index (χ1) is 8.71. The summed E-state index contributed by atoms with van der Waals surface area (Å²) in [6.45, 7) is 5.33. The summed E-state index contributed by atoms with van der Waals surface area (Å²) in [5.41, 5.74) is 5.03. The summed E-state index contributed by atoms with van der Waals surface area (Å²) in [7, 11) is 0. The molecule has 0 aromatic carbocycles. The third-order valence-corrected chi connectivity index (χ3v) is 3.24. The summed E-state index contributed by atoms with van der Waals surface area (Å²) in [5, 5.41) is 11.4. The quantitative estimate of drug-likeness (QED) is 0.660. The summed E-state index contributed by atoms with van der Waals surface area (Å²) < 4.78 is 0. The number of carbonyl (C=O) groups is 3. The smallest absolute Gasteiger partial charge is 0.326 e. The van der Waals surface area contributed by atoms with E-state index in [-0.39, 0.29) is 18.3 Å². The average Bonchev–Trinajstić information content (AvgIpc) is 2.64. The van der Waals surface area contributed by atoms with Crippen molar-refractivity contribution in [2.75, 3.05) is 13.1 Å². The molecule has 0 radical (unpaired) electrons. The number of nitrogens with two attached hydrogens (primary N) is 1. The van der Waals surface area contributed by atoms with E-state index in [4.69, 9.17) is 10.8 Å². The van der Waals surface area contributed by atoms with E-state index < -0.39 is 23.9 Å². The minimum Gasteiger partial charge on any atom is -0.480 e. The number of aliphatic carboxylic acids is 1. The van der Waals surface area contributed by atoms with Crippen LogP contribution in [0.25, 0.3) is 0 Å². The van der Waals surface area contributed by atoms with Gasteiger partial charge in [-0.3, -0.25) is 4.79 Å². The zero-order chi connectivity index (χ0) is 14.6. The molecule has 1 saturated heterocycles. The molecule has 0 spiro atoms. The first-order valence-electron chi connectivity index (χ1n) is 6.28. The Balaban J connectivity index is 2.52. The van der Waals surface area contributed by atoms with E-state index in [0.29, 0.717) is 13.1 Å². The van der Waals surface area contributed by atoms with Gasteiger partial charge in [0.25, 0.3) is 0 Å². The molecule has 7 heteroatoms. The number of hydrogen-bond donors (Lipinski definition) is 3. The number of urea groups is 1. The molecule has 1 rings (SSSR count). The second-order valence-corrected chi connectivity index (χ2v) is 5.68. The van der Waals surface area contributed by atoms with Gasteiger partial charge in [0, 0.05) is 19.5 Å². The molecular formula is C12H21N3O4. The van der Waals surface area contributed by atoms with Crippen molar-refractivity contribution in [2.24, 2.45) is 11.1 Å². The Morgan fingerprint density at radius 1 is 1.42 bits per heavy atom. The van der Waals surface area contributed by atoms with Gasteiger partial charge in [0.15, 0.2) is 0 Å². The van der Waals surface area contributed by atoms with Crippen molar-refractivity contribution in [1.29, 1.82) is 0 Å². The van der Waals surface area contributed by atoms with E-state index >= 15 is 0 Å². The first kappa shape index (κ1) is 15.3. The minimum absolute atomic E-state index is 0.00758. The maximum absolute atomic E-state index is 11.9. The van der Waals surface area contributed by atoms with Crippen LogP contribution in [0.5, 0.6) is 0 Å². The molecule has 0 saturated carbocycles. The normalized spacial score (nSPS) is 18.9. The Hall–Kier alpha value is -1.79.